The van der Waals surface area contributed by atoms with E-state index in [2.05, 4.69) is 26.3 Å². The molecule has 0 bridgehead atoms. The zero-order chi connectivity index (χ0) is 17.6. The van der Waals surface area contributed by atoms with Crippen molar-refractivity contribution in [2.75, 3.05) is 5.32 Å². The molecule has 1 N–H and O–H groups in total. The van der Waals surface area contributed by atoms with Gasteiger partial charge in [-0.2, -0.15) is 13.2 Å². The molecule has 9 heteroatoms. The highest BCUT2D eigenvalue weighted by molar-refractivity contribution is 6.29. The van der Waals surface area contributed by atoms with E-state index < -0.39 is 12.0 Å². The number of anilines is 1. The van der Waals surface area contributed by atoms with Crippen LogP contribution in [0.5, 0.6) is 0 Å². The van der Waals surface area contributed by atoms with Crippen LogP contribution in [0, 0.1) is 0 Å². The molecule has 1 aliphatic rings. The van der Waals surface area contributed by atoms with E-state index >= 15 is 0 Å². The van der Waals surface area contributed by atoms with Gasteiger partial charge >= 0.3 is 6.18 Å². The summed E-state index contributed by atoms with van der Waals surface area (Å²) < 4.78 is 40.1. The third-order valence-electron chi connectivity index (χ3n) is 3.97. The Morgan fingerprint density at radius 1 is 1.16 bits per heavy atom. The number of pyridine rings is 1. The predicted octanol–water partition coefficient (Wildman–Crippen LogP) is 4.29. The second-order valence-electron chi connectivity index (χ2n) is 5.99. The number of alkyl halides is 3. The number of halogens is 4. The minimum atomic E-state index is -4.65. The smallest absolute Gasteiger partial charge is 0.364 e. The molecular formula is C16H13ClF3N5. The van der Waals surface area contributed by atoms with E-state index in [0.29, 0.717) is 11.6 Å². The van der Waals surface area contributed by atoms with Gasteiger partial charge in [0.25, 0.3) is 0 Å². The first-order valence-corrected chi connectivity index (χ1v) is 8.09. The third-order valence-corrected chi connectivity index (χ3v) is 4.17. The minimum Gasteiger partial charge on any atom is -0.364 e. The Hall–Kier alpha value is -2.35. The van der Waals surface area contributed by atoms with Crippen molar-refractivity contribution in [1.29, 1.82) is 0 Å². The summed E-state index contributed by atoms with van der Waals surface area (Å²) in [5.41, 5.74) is 2.76. The Kier molecular flexibility index (Phi) is 3.79. The van der Waals surface area contributed by atoms with Crippen LogP contribution in [0.25, 0.3) is 5.65 Å². The molecule has 0 amide bonds. The maximum absolute atomic E-state index is 12.7. The molecule has 3 heterocycles. The van der Waals surface area contributed by atoms with Crippen molar-refractivity contribution >= 4 is 23.1 Å². The second kappa shape index (κ2) is 5.87. The molecule has 0 aromatic carbocycles. The van der Waals surface area contributed by atoms with E-state index in [1.807, 2.05) is 22.9 Å². The number of hydrogen-bond acceptors (Lipinski definition) is 4. The van der Waals surface area contributed by atoms with Crippen LogP contribution in [0.15, 0.2) is 30.6 Å². The number of fused-ring (bicyclic) bond motifs is 1. The summed E-state index contributed by atoms with van der Waals surface area (Å²) in [7, 11) is 0. The van der Waals surface area contributed by atoms with Crippen LogP contribution in [-0.4, -0.2) is 19.4 Å². The van der Waals surface area contributed by atoms with E-state index in [4.69, 9.17) is 11.6 Å². The highest BCUT2D eigenvalue weighted by Gasteiger charge is 2.35. The quantitative estimate of drug-likeness (QED) is 0.699. The Morgan fingerprint density at radius 2 is 1.96 bits per heavy atom. The first-order valence-electron chi connectivity index (χ1n) is 7.72. The summed E-state index contributed by atoms with van der Waals surface area (Å²) in [6.45, 7) is 0.227. The van der Waals surface area contributed by atoms with Crippen LogP contribution < -0.4 is 5.32 Å². The molecule has 0 spiro atoms. The molecule has 0 unspecified atom stereocenters. The molecule has 130 valence electrons. The Morgan fingerprint density at radius 3 is 2.68 bits per heavy atom. The van der Waals surface area contributed by atoms with Crippen LogP contribution in [-0.2, 0) is 12.7 Å². The Bertz CT molecular complexity index is 933. The number of rotatable bonds is 4. The molecule has 0 radical (unpaired) electrons. The largest absolute Gasteiger partial charge is 0.451 e. The molecule has 1 aliphatic carbocycles. The summed E-state index contributed by atoms with van der Waals surface area (Å²) in [5, 5.41) is 2.54. The zero-order valence-corrected chi connectivity index (χ0v) is 13.6. The van der Waals surface area contributed by atoms with Crippen molar-refractivity contribution in [1.82, 2.24) is 19.4 Å². The normalized spacial score (nSPS) is 14.9. The zero-order valence-electron chi connectivity index (χ0n) is 12.9. The van der Waals surface area contributed by atoms with Gasteiger partial charge in [0, 0.05) is 18.5 Å². The number of imidazole rings is 1. The monoisotopic (exact) mass is 367 g/mol. The topological polar surface area (TPSA) is 55.1 Å². The van der Waals surface area contributed by atoms with Crippen LogP contribution >= 0.6 is 11.6 Å². The molecule has 4 rings (SSSR count). The average Bonchev–Trinajstić information content (AvgIpc) is 3.31. The second-order valence-corrected chi connectivity index (χ2v) is 6.37. The number of aromatic nitrogens is 4. The highest BCUT2D eigenvalue weighted by Crippen LogP contribution is 2.39. The van der Waals surface area contributed by atoms with Crippen molar-refractivity contribution in [3.8, 4) is 0 Å². The van der Waals surface area contributed by atoms with Gasteiger partial charge in [-0.05, 0) is 30.4 Å². The number of nitrogens with zero attached hydrogens (tertiary/aromatic N) is 4. The highest BCUT2D eigenvalue weighted by atomic mass is 35.5. The van der Waals surface area contributed by atoms with Gasteiger partial charge < -0.3 is 9.72 Å². The van der Waals surface area contributed by atoms with Crippen molar-refractivity contribution in [2.45, 2.75) is 31.5 Å². The van der Waals surface area contributed by atoms with Crippen LogP contribution in [0.3, 0.4) is 0 Å². The van der Waals surface area contributed by atoms with E-state index in [1.165, 1.54) is 24.5 Å². The summed E-state index contributed by atoms with van der Waals surface area (Å²) in [4.78, 5) is 11.1. The molecule has 0 aliphatic heterocycles. The van der Waals surface area contributed by atoms with E-state index in [-0.39, 0.29) is 17.5 Å². The molecule has 0 saturated heterocycles. The molecule has 25 heavy (non-hydrogen) atoms. The van der Waals surface area contributed by atoms with Gasteiger partial charge in [-0.1, -0.05) is 17.7 Å². The molecule has 0 atom stereocenters. The van der Waals surface area contributed by atoms with Crippen molar-refractivity contribution in [3.05, 3.63) is 52.8 Å². The maximum atomic E-state index is 12.7. The van der Waals surface area contributed by atoms with Crippen molar-refractivity contribution in [2.24, 2.45) is 0 Å². The van der Waals surface area contributed by atoms with Gasteiger partial charge in [0.1, 0.15) is 16.6 Å². The van der Waals surface area contributed by atoms with Gasteiger partial charge in [-0.3, -0.25) is 0 Å². The van der Waals surface area contributed by atoms with Gasteiger partial charge in [0.05, 0.1) is 12.2 Å². The molecule has 3 aromatic heterocycles. The standard InChI is InChI=1S/C16H13ClF3N5/c17-12-5-13(24-15(23-12)16(18,19)20)21-6-11-8-25-7-10(9-1-2-9)3-4-14(25)22-11/h3-5,7-9H,1-2,6H2,(H,21,23,24). The first-order chi connectivity index (χ1) is 11.9. The average molecular weight is 368 g/mol. The minimum absolute atomic E-state index is 0.00282. The maximum Gasteiger partial charge on any atom is 0.451 e. The summed E-state index contributed by atoms with van der Waals surface area (Å²) in [6.07, 6.45) is 1.67. The SMILES string of the molecule is FC(F)(F)c1nc(Cl)cc(NCc2cn3cc(C4CC4)ccc3n2)n1. The summed E-state index contributed by atoms with van der Waals surface area (Å²) in [6, 6.07) is 5.26. The van der Waals surface area contributed by atoms with Gasteiger partial charge in [0.15, 0.2) is 0 Å². The molecule has 1 fully saturated rings. The van der Waals surface area contributed by atoms with Crippen LogP contribution in [0.1, 0.15) is 35.8 Å². The molecular weight excluding hydrogens is 355 g/mol. The van der Waals surface area contributed by atoms with Gasteiger partial charge in [0.2, 0.25) is 5.82 Å². The lowest BCUT2D eigenvalue weighted by Crippen LogP contribution is -2.13. The Balaban J connectivity index is 1.53. The number of hydrogen-bond donors (Lipinski definition) is 1. The van der Waals surface area contributed by atoms with E-state index in [0.717, 1.165) is 5.65 Å². The molecule has 5 nitrogen and oxygen atoms in total. The summed E-state index contributed by atoms with van der Waals surface area (Å²) in [5.74, 6) is -0.632. The molecule has 1 saturated carbocycles. The van der Waals surface area contributed by atoms with E-state index in [1.54, 1.807) is 0 Å². The van der Waals surface area contributed by atoms with Gasteiger partial charge in [-0.25, -0.2) is 15.0 Å². The lowest BCUT2D eigenvalue weighted by molar-refractivity contribution is -0.144. The fourth-order valence-corrected chi connectivity index (χ4v) is 2.80. The third kappa shape index (κ3) is 3.53. The summed E-state index contributed by atoms with van der Waals surface area (Å²) >= 11 is 5.64. The van der Waals surface area contributed by atoms with Crippen molar-refractivity contribution in [3.63, 3.8) is 0 Å². The fraction of sp³-hybridized carbons (Fsp3) is 0.312. The predicted molar refractivity (Wildman–Crippen MR) is 86.5 cm³/mol. The van der Waals surface area contributed by atoms with E-state index in [9.17, 15) is 13.2 Å². The van der Waals surface area contributed by atoms with Crippen LogP contribution in [0.4, 0.5) is 19.0 Å². The molecule has 3 aromatic rings. The lowest BCUT2D eigenvalue weighted by Gasteiger charge is -2.08. The number of nitrogens with one attached hydrogen (secondary N) is 1. The van der Waals surface area contributed by atoms with Crippen molar-refractivity contribution < 1.29 is 13.2 Å². The Labute approximate surface area is 145 Å². The van der Waals surface area contributed by atoms with Crippen LogP contribution in [0.2, 0.25) is 5.15 Å². The lowest BCUT2D eigenvalue weighted by atomic mass is 10.2. The van der Waals surface area contributed by atoms with Gasteiger partial charge in [-0.15, -0.1) is 0 Å². The fourth-order valence-electron chi connectivity index (χ4n) is 2.62. The first kappa shape index (κ1) is 16.1.